The molecule has 100 valence electrons. The normalized spacial score (nSPS) is 20.8. The van der Waals surface area contributed by atoms with Gasteiger partial charge < -0.3 is 10.1 Å². The van der Waals surface area contributed by atoms with E-state index in [9.17, 15) is 18.3 Å². The van der Waals surface area contributed by atoms with E-state index in [4.69, 9.17) is 0 Å². The number of rotatable bonds is 2. The van der Waals surface area contributed by atoms with E-state index in [1.165, 1.54) is 22.6 Å². The summed E-state index contributed by atoms with van der Waals surface area (Å²) in [5.74, 6) is 0. The standard InChI is InChI=1S/C11H16N2O4S/c1-11(15)4-6-13(7-5-11)18(16,17)9-2-3-10(14)12-8-9/h2-3,8,15H,4-7H2,1H3,(H,12,14). The van der Waals surface area contributed by atoms with Crippen LogP contribution in [0.15, 0.2) is 28.0 Å². The lowest BCUT2D eigenvalue weighted by atomic mass is 9.95. The third-order valence-corrected chi connectivity index (χ3v) is 5.09. The second kappa shape index (κ2) is 4.49. The molecule has 1 aromatic rings. The van der Waals surface area contributed by atoms with Gasteiger partial charge in [0.15, 0.2) is 0 Å². The lowest BCUT2D eigenvalue weighted by Crippen LogP contribution is -2.45. The van der Waals surface area contributed by atoms with E-state index in [0.29, 0.717) is 12.8 Å². The summed E-state index contributed by atoms with van der Waals surface area (Å²) in [5.41, 5.74) is -1.13. The molecule has 6 nitrogen and oxygen atoms in total. The maximum Gasteiger partial charge on any atom is 0.247 e. The third-order valence-electron chi connectivity index (χ3n) is 3.19. The average Bonchev–Trinajstić information content (AvgIpc) is 2.29. The van der Waals surface area contributed by atoms with E-state index < -0.39 is 15.6 Å². The molecule has 0 unspecified atom stereocenters. The summed E-state index contributed by atoms with van der Waals surface area (Å²) in [6.07, 6.45) is 2.02. The molecule has 2 heterocycles. The Morgan fingerprint density at radius 2 is 1.94 bits per heavy atom. The van der Waals surface area contributed by atoms with E-state index in [1.807, 2.05) is 0 Å². The average molecular weight is 272 g/mol. The summed E-state index contributed by atoms with van der Waals surface area (Å²) < 4.78 is 25.8. The number of nitrogens with one attached hydrogen (secondary N) is 1. The predicted molar refractivity (Wildman–Crippen MR) is 65.7 cm³/mol. The number of aromatic nitrogens is 1. The van der Waals surface area contributed by atoms with Crippen molar-refractivity contribution in [2.45, 2.75) is 30.3 Å². The molecular formula is C11H16N2O4S. The van der Waals surface area contributed by atoms with Gasteiger partial charge in [0.2, 0.25) is 15.6 Å². The Balaban J connectivity index is 2.22. The van der Waals surface area contributed by atoms with Crippen LogP contribution >= 0.6 is 0 Å². The van der Waals surface area contributed by atoms with E-state index in [2.05, 4.69) is 4.98 Å². The van der Waals surface area contributed by atoms with Crippen LogP contribution in [0.5, 0.6) is 0 Å². The van der Waals surface area contributed by atoms with Gasteiger partial charge in [0.25, 0.3) is 0 Å². The maximum atomic E-state index is 12.2. The maximum absolute atomic E-state index is 12.2. The first-order valence-corrected chi connectivity index (χ1v) is 7.17. The smallest absolute Gasteiger partial charge is 0.247 e. The zero-order chi connectivity index (χ0) is 13.4. The number of hydrogen-bond donors (Lipinski definition) is 2. The number of aromatic amines is 1. The zero-order valence-corrected chi connectivity index (χ0v) is 10.9. The van der Waals surface area contributed by atoms with E-state index in [0.717, 1.165) is 0 Å². The summed E-state index contributed by atoms with van der Waals surface area (Å²) >= 11 is 0. The fourth-order valence-electron chi connectivity index (χ4n) is 1.91. The van der Waals surface area contributed by atoms with Crippen molar-refractivity contribution < 1.29 is 13.5 Å². The molecule has 18 heavy (non-hydrogen) atoms. The van der Waals surface area contributed by atoms with Gasteiger partial charge in [-0.05, 0) is 25.8 Å². The van der Waals surface area contributed by atoms with Crippen molar-refractivity contribution in [2.24, 2.45) is 0 Å². The first kappa shape index (κ1) is 13.3. The molecule has 0 bridgehead atoms. The van der Waals surface area contributed by atoms with Crippen molar-refractivity contribution in [2.75, 3.05) is 13.1 Å². The van der Waals surface area contributed by atoms with Crippen LogP contribution in [0, 0.1) is 0 Å². The largest absolute Gasteiger partial charge is 0.390 e. The van der Waals surface area contributed by atoms with Crippen molar-refractivity contribution in [3.63, 3.8) is 0 Å². The van der Waals surface area contributed by atoms with E-state index >= 15 is 0 Å². The van der Waals surface area contributed by atoms with Crippen LogP contribution < -0.4 is 5.56 Å². The number of piperidine rings is 1. The van der Waals surface area contributed by atoms with Crippen LogP contribution in [-0.4, -0.2) is 41.5 Å². The quantitative estimate of drug-likeness (QED) is 0.787. The zero-order valence-electron chi connectivity index (χ0n) is 10.1. The lowest BCUT2D eigenvalue weighted by Gasteiger charge is -2.34. The summed E-state index contributed by atoms with van der Waals surface area (Å²) in [6.45, 7) is 2.28. The fourth-order valence-corrected chi connectivity index (χ4v) is 3.32. The first-order valence-electron chi connectivity index (χ1n) is 5.73. The minimum absolute atomic E-state index is 0.0728. The Labute approximate surface area is 105 Å². The highest BCUT2D eigenvalue weighted by molar-refractivity contribution is 7.89. The lowest BCUT2D eigenvalue weighted by molar-refractivity contribution is 0.0126. The van der Waals surface area contributed by atoms with Gasteiger partial charge in [-0.25, -0.2) is 8.42 Å². The van der Waals surface area contributed by atoms with Crippen molar-refractivity contribution in [3.05, 3.63) is 28.7 Å². The molecule has 7 heteroatoms. The highest BCUT2D eigenvalue weighted by Gasteiger charge is 2.33. The third kappa shape index (κ3) is 2.63. The SMILES string of the molecule is CC1(O)CCN(S(=O)(=O)c2ccc(=O)[nH]c2)CC1. The number of sulfonamides is 1. The van der Waals surface area contributed by atoms with Gasteiger partial charge in [0.1, 0.15) is 0 Å². The number of nitrogens with zero attached hydrogens (tertiary/aromatic N) is 1. The predicted octanol–water partition coefficient (Wildman–Crippen LogP) is -0.0896. The van der Waals surface area contributed by atoms with Gasteiger partial charge in [-0.15, -0.1) is 0 Å². The van der Waals surface area contributed by atoms with Crippen LogP contribution in [-0.2, 0) is 10.0 Å². The molecule has 0 spiro atoms. The van der Waals surface area contributed by atoms with Crippen LogP contribution in [0.3, 0.4) is 0 Å². The monoisotopic (exact) mass is 272 g/mol. The molecule has 0 atom stereocenters. The summed E-state index contributed by atoms with van der Waals surface area (Å²) in [7, 11) is -3.58. The molecule has 1 aliphatic heterocycles. The van der Waals surface area contributed by atoms with E-state index in [-0.39, 0.29) is 23.5 Å². The number of pyridine rings is 1. The molecule has 0 radical (unpaired) electrons. The van der Waals surface area contributed by atoms with Gasteiger partial charge in [0.05, 0.1) is 10.5 Å². The highest BCUT2D eigenvalue weighted by atomic mass is 32.2. The molecule has 0 aromatic carbocycles. The van der Waals surface area contributed by atoms with Crippen molar-refractivity contribution in [1.82, 2.24) is 9.29 Å². The second-order valence-corrected chi connectivity index (χ2v) is 6.73. The Bertz CT molecular complexity index is 561. The van der Waals surface area contributed by atoms with Gasteiger partial charge >= 0.3 is 0 Å². The number of hydrogen-bond acceptors (Lipinski definition) is 4. The molecule has 2 N–H and O–H groups in total. The van der Waals surface area contributed by atoms with Gasteiger partial charge in [0, 0.05) is 25.4 Å². The van der Waals surface area contributed by atoms with Crippen molar-refractivity contribution in [3.8, 4) is 0 Å². The summed E-state index contributed by atoms with van der Waals surface area (Å²) in [4.78, 5) is 13.3. The van der Waals surface area contributed by atoms with Gasteiger partial charge in [-0.2, -0.15) is 4.31 Å². The Kier molecular flexibility index (Phi) is 3.31. The first-order chi connectivity index (χ1) is 8.31. The molecule has 0 saturated carbocycles. The Morgan fingerprint density at radius 3 is 2.44 bits per heavy atom. The van der Waals surface area contributed by atoms with Gasteiger partial charge in [-0.3, -0.25) is 4.79 Å². The number of aliphatic hydroxyl groups is 1. The Hall–Kier alpha value is -1.18. The minimum Gasteiger partial charge on any atom is -0.390 e. The molecule has 1 aromatic heterocycles. The van der Waals surface area contributed by atoms with Crippen molar-refractivity contribution in [1.29, 1.82) is 0 Å². The topological polar surface area (TPSA) is 90.5 Å². The molecule has 1 saturated heterocycles. The molecule has 0 amide bonds. The highest BCUT2D eigenvalue weighted by Crippen LogP contribution is 2.25. The minimum atomic E-state index is -3.58. The molecule has 1 aliphatic rings. The molecular weight excluding hydrogens is 256 g/mol. The Morgan fingerprint density at radius 1 is 1.33 bits per heavy atom. The van der Waals surface area contributed by atoms with Crippen LogP contribution in [0.2, 0.25) is 0 Å². The van der Waals surface area contributed by atoms with Crippen LogP contribution in [0.1, 0.15) is 19.8 Å². The van der Waals surface area contributed by atoms with Gasteiger partial charge in [-0.1, -0.05) is 0 Å². The van der Waals surface area contributed by atoms with Crippen LogP contribution in [0.4, 0.5) is 0 Å². The molecule has 1 fully saturated rings. The number of H-pyrrole nitrogens is 1. The summed E-state index contributed by atoms with van der Waals surface area (Å²) in [6, 6.07) is 2.48. The molecule has 2 rings (SSSR count). The van der Waals surface area contributed by atoms with Crippen molar-refractivity contribution >= 4 is 10.0 Å². The summed E-state index contributed by atoms with van der Waals surface area (Å²) in [5, 5.41) is 9.80. The van der Waals surface area contributed by atoms with E-state index in [1.54, 1.807) is 6.92 Å². The fraction of sp³-hybridized carbons (Fsp3) is 0.545. The second-order valence-electron chi connectivity index (χ2n) is 4.79. The molecule has 0 aliphatic carbocycles. The van der Waals surface area contributed by atoms with Crippen LogP contribution in [0.25, 0.3) is 0 Å².